The number of aromatic nitrogens is 2. The van der Waals surface area contributed by atoms with E-state index in [2.05, 4.69) is 10.4 Å². The summed E-state index contributed by atoms with van der Waals surface area (Å²) in [5.41, 5.74) is 0.980. The third-order valence-electron chi connectivity index (χ3n) is 5.55. The molecule has 2 amide bonds. The van der Waals surface area contributed by atoms with E-state index in [1.54, 1.807) is 6.20 Å². The number of likely N-dealkylation sites (tertiary alicyclic amines) is 1. The minimum atomic E-state index is -0.0539. The van der Waals surface area contributed by atoms with Crippen LogP contribution in [0.25, 0.3) is 0 Å². The number of carbonyl (C=O) groups excluding carboxylic acids is 2. The number of ether oxygens (including phenoxy) is 1. The molecule has 2 fully saturated rings. The van der Waals surface area contributed by atoms with Crippen molar-refractivity contribution >= 4 is 17.6 Å². The van der Waals surface area contributed by atoms with Crippen LogP contribution in [0.3, 0.4) is 0 Å². The van der Waals surface area contributed by atoms with Gasteiger partial charge in [0.05, 0.1) is 31.2 Å². The molecule has 2 aliphatic rings. The lowest BCUT2D eigenvalue weighted by atomic mass is 10.0. The summed E-state index contributed by atoms with van der Waals surface area (Å²) in [6.45, 7) is 2.68. The lowest BCUT2D eigenvalue weighted by molar-refractivity contribution is -0.136. The number of carbonyl (C=O) groups is 2. The Morgan fingerprint density at radius 2 is 1.89 bits per heavy atom. The second-order valence-corrected chi connectivity index (χ2v) is 7.49. The van der Waals surface area contributed by atoms with Crippen molar-refractivity contribution in [3.63, 3.8) is 0 Å². The van der Waals surface area contributed by atoms with Crippen molar-refractivity contribution in [3.8, 4) is 0 Å². The van der Waals surface area contributed by atoms with Crippen LogP contribution in [0.4, 0.5) is 5.82 Å². The van der Waals surface area contributed by atoms with Gasteiger partial charge in [-0.2, -0.15) is 5.10 Å². The highest BCUT2D eigenvalue weighted by Crippen LogP contribution is 2.27. The topological polar surface area (TPSA) is 76.5 Å². The first-order valence-electron chi connectivity index (χ1n) is 9.94. The van der Waals surface area contributed by atoms with Crippen LogP contribution in [0.1, 0.15) is 30.9 Å². The maximum Gasteiger partial charge on any atom is 0.229 e. The molecule has 2 aliphatic heterocycles. The Bertz CT molecular complexity index is 806. The normalized spacial score (nSPS) is 20.3. The van der Waals surface area contributed by atoms with Crippen molar-refractivity contribution in [3.05, 3.63) is 48.2 Å². The number of rotatable bonds is 5. The zero-order valence-electron chi connectivity index (χ0n) is 15.9. The Labute approximate surface area is 164 Å². The minimum absolute atomic E-state index is 0.0223. The van der Waals surface area contributed by atoms with Crippen LogP contribution in [0, 0.1) is 5.92 Å². The van der Waals surface area contributed by atoms with Gasteiger partial charge in [0.1, 0.15) is 5.82 Å². The maximum atomic E-state index is 12.5. The van der Waals surface area contributed by atoms with E-state index in [9.17, 15) is 9.59 Å². The molecule has 1 aromatic carbocycles. The first kappa shape index (κ1) is 18.7. The van der Waals surface area contributed by atoms with Crippen LogP contribution in [0.15, 0.2) is 42.6 Å². The highest BCUT2D eigenvalue weighted by molar-refractivity contribution is 5.91. The van der Waals surface area contributed by atoms with Crippen LogP contribution in [-0.2, 0) is 20.7 Å². The average molecular weight is 382 g/mol. The molecule has 3 heterocycles. The van der Waals surface area contributed by atoms with Crippen LogP contribution in [0.2, 0.25) is 0 Å². The van der Waals surface area contributed by atoms with Crippen molar-refractivity contribution in [2.45, 2.75) is 31.7 Å². The third kappa shape index (κ3) is 4.25. The third-order valence-corrected chi connectivity index (χ3v) is 5.55. The number of hydrogen-bond donors (Lipinski definition) is 1. The summed E-state index contributed by atoms with van der Waals surface area (Å²) in [5, 5.41) is 7.41. The van der Waals surface area contributed by atoms with Crippen LogP contribution in [0.5, 0.6) is 0 Å². The molecule has 7 heteroatoms. The first-order valence-corrected chi connectivity index (χ1v) is 9.94. The molecular formula is C21H26N4O3. The molecule has 148 valence electrons. The summed E-state index contributed by atoms with van der Waals surface area (Å²) in [4.78, 5) is 26.9. The predicted molar refractivity (Wildman–Crippen MR) is 105 cm³/mol. The predicted octanol–water partition coefficient (Wildman–Crippen LogP) is 2.26. The van der Waals surface area contributed by atoms with E-state index in [0.717, 1.165) is 43.7 Å². The number of hydrogen-bond acceptors (Lipinski definition) is 4. The molecule has 0 aliphatic carbocycles. The van der Waals surface area contributed by atoms with Crippen molar-refractivity contribution in [1.29, 1.82) is 0 Å². The highest BCUT2D eigenvalue weighted by Gasteiger charge is 2.31. The van der Waals surface area contributed by atoms with E-state index in [-0.39, 0.29) is 23.8 Å². The number of anilines is 1. The number of nitrogens with zero attached hydrogens (tertiary/aromatic N) is 3. The summed E-state index contributed by atoms with van der Waals surface area (Å²) in [6.07, 6.45) is 4.55. The van der Waals surface area contributed by atoms with Crippen molar-refractivity contribution in [1.82, 2.24) is 14.7 Å². The molecule has 0 unspecified atom stereocenters. The molecule has 0 bridgehead atoms. The fraction of sp³-hybridized carbons (Fsp3) is 0.476. The van der Waals surface area contributed by atoms with Gasteiger partial charge in [0.15, 0.2) is 0 Å². The quantitative estimate of drug-likeness (QED) is 0.861. The number of amides is 2. The van der Waals surface area contributed by atoms with E-state index in [1.807, 2.05) is 46.0 Å². The molecular weight excluding hydrogens is 356 g/mol. The lowest BCUT2D eigenvalue weighted by Crippen LogP contribution is -2.42. The number of nitrogens with one attached hydrogen (secondary N) is 1. The minimum Gasteiger partial charge on any atom is -0.381 e. The van der Waals surface area contributed by atoms with E-state index in [4.69, 9.17) is 4.74 Å². The zero-order valence-corrected chi connectivity index (χ0v) is 15.9. The van der Waals surface area contributed by atoms with Gasteiger partial charge in [-0.1, -0.05) is 30.3 Å². The van der Waals surface area contributed by atoms with Crippen molar-refractivity contribution < 1.29 is 14.3 Å². The molecule has 0 radical (unpaired) electrons. The van der Waals surface area contributed by atoms with Gasteiger partial charge in [-0.05, 0) is 24.8 Å². The van der Waals surface area contributed by atoms with Crippen LogP contribution in [-0.4, -0.2) is 52.8 Å². The fourth-order valence-electron chi connectivity index (χ4n) is 3.99. The summed E-state index contributed by atoms with van der Waals surface area (Å²) in [5.74, 6) is 0.901. The van der Waals surface area contributed by atoms with Gasteiger partial charge in [0, 0.05) is 25.8 Å². The average Bonchev–Trinajstić information content (AvgIpc) is 3.40. The van der Waals surface area contributed by atoms with Crippen LogP contribution < -0.4 is 5.32 Å². The Hall–Kier alpha value is -2.67. The molecule has 28 heavy (non-hydrogen) atoms. The zero-order chi connectivity index (χ0) is 19.3. The van der Waals surface area contributed by atoms with E-state index >= 15 is 0 Å². The molecule has 1 atom stereocenters. The molecule has 4 rings (SSSR count). The van der Waals surface area contributed by atoms with Gasteiger partial charge in [0.25, 0.3) is 0 Å². The smallest absolute Gasteiger partial charge is 0.229 e. The second-order valence-electron chi connectivity index (χ2n) is 7.49. The fourth-order valence-corrected chi connectivity index (χ4v) is 3.99. The van der Waals surface area contributed by atoms with E-state index in [1.165, 1.54) is 0 Å². The molecule has 0 saturated carbocycles. The standard InChI is InChI=1S/C21H26N4O3/c26-20(14-16-4-2-1-3-5-16)23-19-6-10-22-25(19)18-7-11-24(12-8-18)21(27)17-9-13-28-15-17/h1-6,10,17-18H,7-9,11-15H2,(H,23,26)/t17-/m0/s1. The SMILES string of the molecule is O=C(Cc1ccccc1)Nc1ccnn1C1CCN(C(=O)[C@H]2CCOC2)CC1. The lowest BCUT2D eigenvalue weighted by Gasteiger charge is -2.34. The number of piperidine rings is 1. The molecule has 1 aromatic heterocycles. The van der Waals surface area contributed by atoms with Crippen molar-refractivity contribution in [2.75, 3.05) is 31.6 Å². The summed E-state index contributed by atoms with van der Waals surface area (Å²) >= 11 is 0. The molecule has 0 spiro atoms. The Morgan fingerprint density at radius 1 is 1.11 bits per heavy atom. The van der Waals surface area contributed by atoms with Gasteiger partial charge in [-0.25, -0.2) is 4.68 Å². The van der Waals surface area contributed by atoms with E-state index < -0.39 is 0 Å². The van der Waals surface area contributed by atoms with Gasteiger partial charge < -0.3 is 15.0 Å². The Kier molecular flexibility index (Phi) is 5.71. The van der Waals surface area contributed by atoms with Gasteiger partial charge in [0.2, 0.25) is 11.8 Å². The summed E-state index contributed by atoms with van der Waals surface area (Å²) in [6, 6.07) is 11.7. The number of benzene rings is 1. The van der Waals surface area contributed by atoms with Gasteiger partial charge in [-0.15, -0.1) is 0 Å². The largest absolute Gasteiger partial charge is 0.381 e. The highest BCUT2D eigenvalue weighted by atomic mass is 16.5. The molecule has 7 nitrogen and oxygen atoms in total. The Morgan fingerprint density at radius 3 is 2.61 bits per heavy atom. The van der Waals surface area contributed by atoms with Crippen LogP contribution >= 0.6 is 0 Å². The maximum absolute atomic E-state index is 12.5. The van der Waals surface area contributed by atoms with Crippen molar-refractivity contribution in [2.24, 2.45) is 5.92 Å². The monoisotopic (exact) mass is 382 g/mol. The Balaban J connectivity index is 1.33. The van der Waals surface area contributed by atoms with Gasteiger partial charge in [-0.3, -0.25) is 9.59 Å². The second kappa shape index (κ2) is 8.56. The van der Waals surface area contributed by atoms with E-state index in [0.29, 0.717) is 19.6 Å². The van der Waals surface area contributed by atoms with Gasteiger partial charge >= 0.3 is 0 Å². The summed E-state index contributed by atoms with van der Waals surface area (Å²) < 4.78 is 7.23. The molecule has 2 saturated heterocycles. The first-order chi connectivity index (χ1) is 13.7. The summed E-state index contributed by atoms with van der Waals surface area (Å²) in [7, 11) is 0. The molecule has 1 N–H and O–H groups in total. The molecule has 2 aromatic rings.